The van der Waals surface area contributed by atoms with Crippen molar-refractivity contribution in [2.45, 2.75) is 6.92 Å². The number of halogens is 1. The number of hydroxylamine groups is 3. The lowest BCUT2D eigenvalue weighted by Gasteiger charge is -2.23. The van der Waals surface area contributed by atoms with E-state index in [9.17, 15) is 4.79 Å². The number of hydrogen-bond donors (Lipinski definition) is 0. The zero-order chi connectivity index (χ0) is 8.20. The predicted molar refractivity (Wildman–Crippen MR) is 38.9 cm³/mol. The van der Waals surface area contributed by atoms with Gasteiger partial charge in [-0.05, 0) is 6.92 Å². The molecule has 4 heteroatoms. The van der Waals surface area contributed by atoms with E-state index in [1.165, 1.54) is 0 Å². The Balaban J connectivity index is 0. The number of quaternary nitrogens is 1. The number of nitrogens with zero attached hydrogens (tertiary/aromatic N) is 1. The summed E-state index contributed by atoms with van der Waals surface area (Å²) < 4.78 is 0.241. The molecular weight excluding hydrogens is 149 g/mol. The summed E-state index contributed by atoms with van der Waals surface area (Å²) in [4.78, 5) is 15.5. The quantitative estimate of drug-likeness (QED) is 0.266. The van der Waals surface area contributed by atoms with E-state index in [0.717, 1.165) is 12.6 Å². The van der Waals surface area contributed by atoms with Crippen molar-refractivity contribution < 1.29 is 19.0 Å². The number of rotatable bonds is 3. The highest BCUT2D eigenvalue weighted by Gasteiger charge is 2.16. The second-order valence-corrected chi connectivity index (χ2v) is 2.50. The third kappa shape index (κ3) is 5.54. The van der Waals surface area contributed by atoms with Crippen molar-refractivity contribution in [3.63, 3.8) is 0 Å². The van der Waals surface area contributed by atoms with E-state index in [0.29, 0.717) is 0 Å². The molecule has 0 aromatic rings. The van der Waals surface area contributed by atoms with Crippen molar-refractivity contribution in [2.24, 2.45) is 0 Å². The van der Waals surface area contributed by atoms with Crippen LogP contribution < -0.4 is 4.70 Å². The van der Waals surface area contributed by atoms with Gasteiger partial charge in [-0.25, -0.2) is 4.79 Å². The highest BCUT2D eigenvalue weighted by molar-refractivity contribution is 5.80. The van der Waals surface area contributed by atoms with Crippen LogP contribution in [0.1, 0.15) is 6.92 Å². The van der Waals surface area contributed by atoms with Crippen molar-refractivity contribution in [3.8, 4) is 0 Å². The third-order valence-corrected chi connectivity index (χ3v) is 1.27. The molecule has 0 aliphatic heterocycles. The van der Waals surface area contributed by atoms with Gasteiger partial charge in [-0.1, -0.05) is 6.58 Å². The monoisotopic (exact) mass is 163 g/mol. The van der Waals surface area contributed by atoms with Gasteiger partial charge in [-0.15, -0.1) is 4.65 Å². The molecule has 3 nitrogen and oxygen atoms in total. The SMILES string of the molecule is C=CC(=O)O[N+](C)(C)CC.[F-]. The molecule has 0 saturated carbocycles. The molecule has 0 unspecified atom stereocenters. The molecule has 0 heterocycles. The van der Waals surface area contributed by atoms with E-state index in [1.807, 2.05) is 6.92 Å². The molecule has 0 radical (unpaired) electrons. The van der Waals surface area contributed by atoms with E-state index in [-0.39, 0.29) is 15.3 Å². The Morgan fingerprint density at radius 1 is 1.64 bits per heavy atom. The van der Waals surface area contributed by atoms with E-state index in [4.69, 9.17) is 4.84 Å². The van der Waals surface area contributed by atoms with Gasteiger partial charge in [0.15, 0.2) is 0 Å². The first-order valence-electron chi connectivity index (χ1n) is 3.21. The summed E-state index contributed by atoms with van der Waals surface area (Å²) >= 11 is 0. The zero-order valence-electron chi connectivity index (χ0n) is 7.13. The maximum Gasteiger partial charge on any atom is 0.389 e. The first kappa shape index (κ1) is 12.7. The van der Waals surface area contributed by atoms with Crippen LogP contribution in [-0.4, -0.2) is 31.3 Å². The normalized spacial score (nSPS) is 9.73. The van der Waals surface area contributed by atoms with Crippen LogP contribution in [0.2, 0.25) is 0 Å². The summed E-state index contributed by atoms with van der Waals surface area (Å²) in [6.45, 7) is 5.98. The number of carbonyl (C=O) groups excluding carboxylic acids is 1. The van der Waals surface area contributed by atoms with Crippen LogP contribution in [0.3, 0.4) is 0 Å². The fraction of sp³-hybridized carbons (Fsp3) is 0.571. The molecule has 0 rings (SSSR count). The van der Waals surface area contributed by atoms with Crippen molar-refractivity contribution in [3.05, 3.63) is 12.7 Å². The van der Waals surface area contributed by atoms with Gasteiger partial charge < -0.3 is 4.70 Å². The fourth-order valence-corrected chi connectivity index (χ4v) is 0.345. The van der Waals surface area contributed by atoms with Crippen LogP contribution in [0.5, 0.6) is 0 Å². The molecule has 0 spiro atoms. The highest BCUT2D eigenvalue weighted by Crippen LogP contribution is 1.97. The Hall–Kier alpha value is -0.900. The number of hydrogen-bond acceptors (Lipinski definition) is 2. The van der Waals surface area contributed by atoms with Crippen LogP contribution in [0.25, 0.3) is 0 Å². The largest absolute Gasteiger partial charge is 1.00 e. The van der Waals surface area contributed by atoms with Gasteiger partial charge in [-0.3, -0.25) is 4.84 Å². The lowest BCUT2D eigenvalue weighted by Crippen LogP contribution is -3.00. The lowest BCUT2D eigenvalue weighted by molar-refractivity contribution is -1.06. The molecular formula is C7H14FNO2. The minimum absolute atomic E-state index is 0. The minimum Gasteiger partial charge on any atom is -1.00 e. The molecule has 0 aromatic carbocycles. The first-order valence-corrected chi connectivity index (χ1v) is 3.21. The van der Waals surface area contributed by atoms with Gasteiger partial charge >= 0.3 is 5.97 Å². The predicted octanol–water partition coefficient (Wildman–Crippen LogP) is -2.27. The Bertz CT molecular complexity index is 145. The molecule has 0 amide bonds. The molecule has 0 aromatic heterocycles. The van der Waals surface area contributed by atoms with Crippen molar-refractivity contribution >= 4 is 5.97 Å². The third-order valence-electron chi connectivity index (χ3n) is 1.27. The van der Waals surface area contributed by atoms with Gasteiger partial charge in [0.25, 0.3) is 0 Å². The average molecular weight is 163 g/mol. The first-order chi connectivity index (χ1) is 4.52. The summed E-state index contributed by atoms with van der Waals surface area (Å²) in [7, 11) is 3.61. The summed E-state index contributed by atoms with van der Waals surface area (Å²) in [5.41, 5.74) is 0. The Morgan fingerprint density at radius 3 is 2.36 bits per heavy atom. The van der Waals surface area contributed by atoms with Crippen molar-refractivity contribution in [1.29, 1.82) is 0 Å². The van der Waals surface area contributed by atoms with Crippen LogP contribution >= 0.6 is 0 Å². The van der Waals surface area contributed by atoms with Crippen LogP contribution in [0, 0.1) is 0 Å². The second-order valence-electron chi connectivity index (χ2n) is 2.50. The summed E-state index contributed by atoms with van der Waals surface area (Å²) in [5, 5.41) is 0. The van der Waals surface area contributed by atoms with Gasteiger partial charge in [0.1, 0.15) is 20.6 Å². The lowest BCUT2D eigenvalue weighted by atomic mass is 10.6. The fourth-order valence-electron chi connectivity index (χ4n) is 0.345. The molecule has 11 heavy (non-hydrogen) atoms. The van der Waals surface area contributed by atoms with Crippen molar-refractivity contribution in [1.82, 2.24) is 0 Å². The maximum atomic E-state index is 10.6. The molecule has 0 bridgehead atoms. The standard InChI is InChI=1S/C7H14NO2.FH/c1-5-7(9)10-8(3,4)6-2;/h5H,1,6H2,2-4H3;1H/q+1;/p-1. The van der Waals surface area contributed by atoms with E-state index >= 15 is 0 Å². The molecule has 0 fully saturated rings. The number of carbonyl (C=O) groups is 1. The van der Waals surface area contributed by atoms with Gasteiger partial charge in [0.2, 0.25) is 0 Å². The molecule has 0 atom stereocenters. The Labute approximate surface area is 66.2 Å². The molecule has 66 valence electrons. The molecule has 0 N–H and O–H groups in total. The van der Waals surface area contributed by atoms with Gasteiger partial charge in [0, 0.05) is 6.08 Å². The van der Waals surface area contributed by atoms with E-state index in [1.54, 1.807) is 14.1 Å². The molecule has 0 aliphatic rings. The molecule has 0 saturated heterocycles. The Kier molecular flexibility index (Phi) is 5.62. The smallest absolute Gasteiger partial charge is 0.389 e. The van der Waals surface area contributed by atoms with E-state index < -0.39 is 0 Å². The van der Waals surface area contributed by atoms with E-state index in [2.05, 4.69) is 6.58 Å². The molecule has 0 aliphatic carbocycles. The maximum absolute atomic E-state index is 10.6. The summed E-state index contributed by atoms with van der Waals surface area (Å²) in [6.07, 6.45) is 1.16. The van der Waals surface area contributed by atoms with Crippen molar-refractivity contribution in [2.75, 3.05) is 20.6 Å². The summed E-state index contributed by atoms with van der Waals surface area (Å²) in [5.74, 6) is -0.383. The Morgan fingerprint density at radius 2 is 2.09 bits per heavy atom. The zero-order valence-corrected chi connectivity index (χ0v) is 7.13. The van der Waals surface area contributed by atoms with Crippen LogP contribution in [0.15, 0.2) is 12.7 Å². The van der Waals surface area contributed by atoms with Gasteiger partial charge in [-0.2, -0.15) is 0 Å². The topological polar surface area (TPSA) is 26.3 Å². The second kappa shape index (κ2) is 4.85. The minimum atomic E-state index is -0.383. The average Bonchev–Trinajstić information content (AvgIpc) is 1.87. The highest BCUT2D eigenvalue weighted by atomic mass is 19.0. The van der Waals surface area contributed by atoms with Crippen LogP contribution in [0.4, 0.5) is 0 Å². The van der Waals surface area contributed by atoms with Gasteiger partial charge in [0.05, 0.1) is 0 Å². The summed E-state index contributed by atoms with van der Waals surface area (Å²) in [6, 6.07) is 0. The van der Waals surface area contributed by atoms with Crippen LogP contribution in [-0.2, 0) is 9.63 Å².